The molecule has 2 aliphatic heterocycles. The van der Waals surface area contributed by atoms with Gasteiger partial charge in [-0.05, 0) is 17.5 Å². The zero-order chi connectivity index (χ0) is 22.1. The monoisotopic (exact) mass is 422 g/mol. The molecule has 0 radical (unpaired) electrons. The molecule has 2 saturated heterocycles. The lowest BCUT2D eigenvalue weighted by atomic mass is 9.90. The number of carbonyl (C=O) groups is 2. The standard InChI is InChI=1S/C25H30N2O4/c1-24(2,3)21-27(23(29)30-17-20-12-8-5-9-13-20)25(22(28)31-21)14-15-26(18-25)16-19-10-6-4-7-11-19/h4-13,21H,14-18H2,1-3H3/t21-,25+/m1/s1. The predicted octanol–water partition coefficient (Wildman–Crippen LogP) is 4.20. The maximum absolute atomic E-state index is 13.3. The molecule has 0 aromatic heterocycles. The first kappa shape index (κ1) is 21.4. The summed E-state index contributed by atoms with van der Waals surface area (Å²) in [6.07, 6.45) is -0.637. The number of ether oxygens (including phenoxy) is 2. The van der Waals surface area contributed by atoms with E-state index in [1.54, 1.807) is 4.90 Å². The minimum absolute atomic E-state index is 0.158. The SMILES string of the molecule is CC(C)(C)[C@H]1OC(=O)[C@@]2(CCN(Cc3ccccc3)C2)N1C(=O)OCc1ccccc1. The van der Waals surface area contributed by atoms with Crippen LogP contribution in [0, 0.1) is 5.41 Å². The van der Waals surface area contributed by atoms with Gasteiger partial charge in [0.1, 0.15) is 6.61 Å². The molecule has 31 heavy (non-hydrogen) atoms. The van der Waals surface area contributed by atoms with Gasteiger partial charge in [0, 0.05) is 25.0 Å². The lowest BCUT2D eigenvalue weighted by Crippen LogP contribution is -2.57. The van der Waals surface area contributed by atoms with Gasteiger partial charge in [-0.25, -0.2) is 9.59 Å². The van der Waals surface area contributed by atoms with Gasteiger partial charge in [-0.2, -0.15) is 0 Å². The van der Waals surface area contributed by atoms with E-state index in [-0.39, 0.29) is 12.6 Å². The highest BCUT2D eigenvalue weighted by molar-refractivity contribution is 5.89. The summed E-state index contributed by atoms with van der Waals surface area (Å²) in [7, 11) is 0. The van der Waals surface area contributed by atoms with Crippen molar-refractivity contribution in [3.05, 3.63) is 71.8 Å². The number of benzene rings is 2. The molecule has 0 bridgehead atoms. The topological polar surface area (TPSA) is 59.1 Å². The number of cyclic esters (lactones) is 1. The highest BCUT2D eigenvalue weighted by Gasteiger charge is 2.63. The van der Waals surface area contributed by atoms with E-state index in [1.807, 2.05) is 69.3 Å². The van der Waals surface area contributed by atoms with Crippen LogP contribution in [0.1, 0.15) is 38.3 Å². The van der Waals surface area contributed by atoms with E-state index < -0.39 is 23.3 Å². The van der Waals surface area contributed by atoms with Crippen LogP contribution in [0.5, 0.6) is 0 Å². The highest BCUT2D eigenvalue weighted by atomic mass is 16.6. The van der Waals surface area contributed by atoms with E-state index in [0.717, 1.165) is 12.1 Å². The molecular weight excluding hydrogens is 392 g/mol. The Morgan fingerprint density at radius 2 is 1.68 bits per heavy atom. The summed E-state index contributed by atoms with van der Waals surface area (Å²) in [5.74, 6) is -0.334. The third-order valence-electron chi connectivity index (χ3n) is 6.01. The Labute approximate surface area is 183 Å². The fourth-order valence-corrected chi connectivity index (χ4v) is 4.42. The highest BCUT2D eigenvalue weighted by Crippen LogP contribution is 2.43. The van der Waals surface area contributed by atoms with Crippen LogP contribution in [0.25, 0.3) is 0 Å². The summed E-state index contributed by atoms with van der Waals surface area (Å²) in [5.41, 5.74) is 0.635. The van der Waals surface area contributed by atoms with Gasteiger partial charge >= 0.3 is 12.1 Å². The third-order valence-corrected chi connectivity index (χ3v) is 6.01. The van der Waals surface area contributed by atoms with Crippen molar-refractivity contribution in [2.75, 3.05) is 13.1 Å². The second-order valence-corrected chi connectivity index (χ2v) is 9.51. The van der Waals surface area contributed by atoms with Crippen molar-refractivity contribution in [1.29, 1.82) is 0 Å². The Hall–Kier alpha value is -2.86. The second-order valence-electron chi connectivity index (χ2n) is 9.51. The van der Waals surface area contributed by atoms with Crippen LogP contribution in [-0.2, 0) is 27.4 Å². The van der Waals surface area contributed by atoms with E-state index in [0.29, 0.717) is 19.5 Å². The van der Waals surface area contributed by atoms with Crippen LogP contribution in [0.2, 0.25) is 0 Å². The van der Waals surface area contributed by atoms with Crippen LogP contribution in [0.4, 0.5) is 4.79 Å². The van der Waals surface area contributed by atoms with E-state index >= 15 is 0 Å². The number of carbonyl (C=O) groups excluding carboxylic acids is 2. The summed E-state index contributed by atoms with van der Waals surface area (Å²) >= 11 is 0. The maximum Gasteiger partial charge on any atom is 0.414 e. The van der Waals surface area contributed by atoms with Gasteiger partial charge in [-0.15, -0.1) is 0 Å². The minimum Gasteiger partial charge on any atom is -0.444 e. The normalized spacial score (nSPS) is 23.9. The van der Waals surface area contributed by atoms with Gasteiger partial charge in [0.05, 0.1) is 0 Å². The van der Waals surface area contributed by atoms with Crippen molar-refractivity contribution in [1.82, 2.24) is 9.80 Å². The molecule has 2 fully saturated rings. The Bertz CT molecular complexity index is 926. The summed E-state index contributed by atoms with van der Waals surface area (Å²) in [5, 5.41) is 0. The fraction of sp³-hybridized carbons (Fsp3) is 0.440. The number of amides is 1. The van der Waals surface area contributed by atoms with Crippen LogP contribution in [-0.4, -0.2) is 46.7 Å². The number of hydrogen-bond acceptors (Lipinski definition) is 5. The largest absolute Gasteiger partial charge is 0.444 e. The molecule has 2 aliphatic rings. The van der Waals surface area contributed by atoms with Crippen molar-refractivity contribution < 1.29 is 19.1 Å². The van der Waals surface area contributed by atoms with Crippen LogP contribution < -0.4 is 0 Å². The number of hydrogen-bond donors (Lipinski definition) is 0. The Morgan fingerprint density at radius 1 is 1.06 bits per heavy atom. The average molecular weight is 423 g/mol. The van der Waals surface area contributed by atoms with Crippen molar-refractivity contribution in [3.63, 3.8) is 0 Å². The summed E-state index contributed by atoms with van der Waals surface area (Å²) < 4.78 is 11.5. The first-order valence-corrected chi connectivity index (χ1v) is 10.8. The average Bonchev–Trinajstić information content (AvgIpc) is 3.29. The number of likely N-dealkylation sites (tertiary alicyclic amines) is 1. The van der Waals surface area contributed by atoms with Crippen molar-refractivity contribution in [2.24, 2.45) is 5.41 Å². The first-order valence-electron chi connectivity index (χ1n) is 10.8. The van der Waals surface area contributed by atoms with Crippen molar-refractivity contribution >= 4 is 12.1 Å². The van der Waals surface area contributed by atoms with Crippen LogP contribution in [0.3, 0.4) is 0 Å². The molecule has 0 unspecified atom stereocenters. The second kappa shape index (κ2) is 8.35. The summed E-state index contributed by atoms with van der Waals surface area (Å²) in [4.78, 5) is 30.2. The van der Waals surface area contributed by atoms with Gasteiger partial charge in [0.25, 0.3) is 0 Å². The zero-order valence-corrected chi connectivity index (χ0v) is 18.4. The van der Waals surface area contributed by atoms with E-state index in [4.69, 9.17) is 9.47 Å². The summed E-state index contributed by atoms with van der Waals surface area (Å²) in [6, 6.07) is 19.7. The molecule has 6 nitrogen and oxygen atoms in total. The van der Waals surface area contributed by atoms with Crippen LogP contribution >= 0.6 is 0 Å². The Balaban J connectivity index is 1.55. The minimum atomic E-state index is -1.01. The molecule has 1 amide bonds. The molecule has 2 heterocycles. The molecule has 1 spiro atoms. The molecule has 2 aromatic carbocycles. The molecule has 2 atom stereocenters. The lowest BCUT2D eigenvalue weighted by molar-refractivity contribution is -0.148. The number of nitrogens with zero attached hydrogens (tertiary/aromatic N) is 2. The zero-order valence-electron chi connectivity index (χ0n) is 18.4. The first-order chi connectivity index (χ1) is 14.8. The fourth-order valence-electron chi connectivity index (χ4n) is 4.42. The smallest absolute Gasteiger partial charge is 0.414 e. The molecule has 0 aliphatic carbocycles. The number of rotatable bonds is 4. The van der Waals surface area contributed by atoms with E-state index in [1.165, 1.54) is 5.56 Å². The van der Waals surface area contributed by atoms with E-state index in [9.17, 15) is 9.59 Å². The van der Waals surface area contributed by atoms with Gasteiger partial charge < -0.3 is 9.47 Å². The quantitative estimate of drug-likeness (QED) is 0.691. The van der Waals surface area contributed by atoms with E-state index in [2.05, 4.69) is 17.0 Å². The number of esters is 1. The Morgan fingerprint density at radius 3 is 2.29 bits per heavy atom. The van der Waals surface area contributed by atoms with Crippen molar-refractivity contribution in [3.8, 4) is 0 Å². The van der Waals surface area contributed by atoms with Gasteiger partial charge in [0.2, 0.25) is 0 Å². The maximum atomic E-state index is 13.3. The summed E-state index contributed by atoms with van der Waals surface area (Å²) in [6.45, 7) is 7.94. The third kappa shape index (κ3) is 4.30. The molecule has 6 heteroatoms. The molecule has 0 saturated carbocycles. The van der Waals surface area contributed by atoms with Gasteiger partial charge in [-0.1, -0.05) is 81.4 Å². The van der Waals surface area contributed by atoms with Gasteiger partial charge in [0.15, 0.2) is 11.8 Å². The lowest BCUT2D eigenvalue weighted by Gasteiger charge is -2.37. The van der Waals surface area contributed by atoms with Crippen LogP contribution in [0.15, 0.2) is 60.7 Å². The molecule has 0 N–H and O–H groups in total. The van der Waals surface area contributed by atoms with Gasteiger partial charge in [-0.3, -0.25) is 9.80 Å². The predicted molar refractivity (Wildman–Crippen MR) is 117 cm³/mol. The molecule has 2 aromatic rings. The molecular formula is C25H30N2O4. The van der Waals surface area contributed by atoms with Crippen molar-refractivity contribution in [2.45, 2.75) is 52.1 Å². The Kier molecular flexibility index (Phi) is 5.75. The molecule has 164 valence electrons. The molecule has 4 rings (SSSR count).